The Morgan fingerprint density at radius 2 is 1.89 bits per heavy atom. The largest absolute Gasteiger partial charge is 0.478 e. The van der Waals surface area contributed by atoms with Gasteiger partial charge >= 0.3 is 5.97 Å². The maximum atomic E-state index is 11.5. The summed E-state index contributed by atoms with van der Waals surface area (Å²) >= 11 is 0. The minimum atomic E-state index is -0.922. The van der Waals surface area contributed by atoms with Gasteiger partial charge in [0.05, 0.1) is 5.69 Å². The van der Waals surface area contributed by atoms with Gasteiger partial charge in [-0.2, -0.15) is 5.10 Å². The first-order valence-electron chi connectivity index (χ1n) is 6.39. The third-order valence-corrected chi connectivity index (χ3v) is 2.96. The number of carboxylic acid groups (broad SMARTS) is 1. The summed E-state index contributed by atoms with van der Waals surface area (Å²) < 4.78 is 0. The minimum absolute atomic E-state index is 0.306. The quantitative estimate of drug-likeness (QED) is 0.839. The molecule has 0 aliphatic rings. The molecule has 100 valence electrons. The molecule has 5 heteroatoms. The molecule has 0 aliphatic carbocycles. The molecule has 0 amide bonds. The number of aromatic carboxylic acids is 1. The molecule has 0 radical (unpaired) electrons. The molecule has 0 spiro atoms. The Kier molecular flexibility index (Phi) is 5.07. The molecule has 1 rings (SSSR count). The summed E-state index contributed by atoms with van der Waals surface area (Å²) in [7, 11) is 1.85. The van der Waals surface area contributed by atoms with Crippen LogP contribution < -0.4 is 4.90 Å². The van der Waals surface area contributed by atoms with Crippen molar-refractivity contribution >= 4 is 11.8 Å². The van der Waals surface area contributed by atoms with Crippen molar-refractivity contribution in [2.24, 2.45) is 0 Å². The van der Waals surface area contributed by atoms with Gasteiger partial charge in [0.1, 0.15) is 5.56 Å². The predicted molar refractivity (Wildman–Crippen MR) is 71.3 cm³/mol. The molecule has 1 heterocycles. The number of aromatic nitrogens is 2. The molecule has 1 aromatic heterocycles. The average Bonchev–Trinajstić information content (AvgIpc) is 2.36. The standard InChI is InChI=1S/C13H21N3O2/c1-5-8-16(4)12-11(13(17)18)9(6-2)10(7-3)14-15-12/h5-8H2,1-4H3,(H,17,18). The van der Waals surface area contributed by atoms with Crippen LogP contribution in [0, 0.1) is 0 Å². The highest BCUT2D eigenvalue weighted by Crippen LogP contribution is 2.23. The second kappa shape index (κ2) is 6.33. The normalized spacial score (nSPS) is 10.4. The van der Waals surface area contributed by atoms with Crippen molar-refractivity contribution in [1.82, 2.24) is 10.2 Å². The summed E-state index contributed by atoms with van der Waals surface area (Å²) in [4.78, 5) is 13.3. The van der Waals surface area contributed by atoms with Gasteiger partial charge < -0.3 is 10.0 Å². The van der Waals surface area contributed by atoms with Crippen LogP contribution in [0.4, 0.5) is 5.82 Å². The van der Waals surface area contributed by atoms with Gasteiger partial charge in [0, 0.05) is 13.6 Å². The first-order chi connectivity index (χ1) is 8.56. The van der Waals surface area contributed by atoms with Gasteiger partial charge in [-0.05, 0) is 24.8 Å². The Hall–Kier alpha value is -1.65. The predicted octanol–water partition coefficient (Wildman–Crippen LogP) is 2.15. The van der Waals surface area contributed by atoms with E-state index in [9.17, 15) is 9.90 Å². The van der Waals surface area contributed by atoms with Crippen molar-refractivity contribution in [3.05, 3.63) is 16.8 Å². The van der Waals surface area contributed by atoms with Crippen molar-refractivity contribution < 1.29 is 9.90 Å². The first kappa shape index (κ1) is 14.4. The molecule has 0 saturated heterocycles. The Labute approximate surface area is 108 Å². The Bertz CT molecular complexity index is 432. The number of hydrogen-bond acceptors (Lipinski definition) is 4. The van der Waals surface area contributed by atoms with Crippen molar-refractivity contribution in [3.63, 3.8) is 0 Å². The SMILES string of the molecule is CCCN(C)c1nnc(CC)c(CC)c1C(=O)O. The molecular formula is C13H21N3O2. The molecule has 0 saturated carbocycles. The van der Waals surface area contributed by atoms with E-state index in [4.69, 9.17) is 0 Å². The molecule has 0 unspecified atom stereocenters. The minimum Gasteiger partial charge on any atom is -0.478 e. The van der Waals surface area contributed by atoms with Crippen molar-refractivity contribution in [3.8, 4) is 0 Å². The summed E-state index contributed by atoms with van der Waals surface area (Å²) in [6.07, 6.45) is 2.30. The molecule has 18 heavy (non-hydrogen) atoms. The van der Waals surface area contributed by atoms with E-state index in [0.717, 1.165) is 24.2 Å². The number of anilines is 1. The number of carboxylic acids is 1. The van der Waals surface area contributed by atoms with Gasteiger partial charge in [0.2, 0.25) is 0 Å². The van der Waals surface area contributed by atoms with Crippen LogP contribution in [0.5, 0.6) is 0 Å². The summed E-state index contributed by atoms with van der Waals surface area (Å²) in [6.45, 7) is 6.73. The van der Waals surface area contributed by atoms with Gasteiger partial charge in [-0.1, -0.05) is 20.8 Å². The zero-order valence-corrected chi connectivity index (χ0v) is 11.5. The van der Waals surface area contributed by atoms with Crippen LogP contribution in [0.1, 0.15) is 48.8 Å². The average molecular weight is 251 g/mol. The van der Waals surface area contributed by atoms with E-state index >= 15 is 0 Å². The summed E-state index contributed by atoms with van der Waals surface area (Å²) in [6, 6.07) is 0. The molecule has 0 aliphatic heterocycles. The van der Waals surface area contributed by atoms with Crippen LogP contribution in [0.15, 0.2) is 0 Å². The Morgan fingerprint density at radius 1 is 1.22 bits per heavy atom. The summed E-state index contributed by atoms with van der Waals surface area (Å²) in [5.41, 5.74) is 1.89. The third kappa shape index (κ3) is 2.78. The maximum absolute atomic E-state index is 11.5. The highest BCUT2D eigenvalue weighted by molar-refractivity contribution is 5.95. The highest BCUT2D eigenvalue weighted by atomic mass is 16.4. The smallest absolute Gasteiger partial charge is 0.339 e. The molecular weight excluding hydrogens is 230 g/mol. The molecule has 0 aromatic carbocycles. The fraction of sp³-hybridized carbons (Fsp3) is 0.615. The van der Waals surface area contributed by atoms with Gasteiger partial charge in [0.15, 0.2) is 5.82 Å². The second-order valence-corrected chi connectivity index (χ2v) is 4.26. The molecule has 1 N–H and O–H groups in total. The number of hydrogen-bond donors (Lipinski definition) is 1. The lowest BCUT2D eigenvalue weighted by Crippen LogP contribution is -2.24. The van der Waals surface area contributed by atoms with Crippen LogP contribution in [0.2, 0.25) is 0 Å². The monoisotopic (exact) mass is 251 g/mol. The highest BCUT2D eigenvalue weighted by Gasteiger charge is 2.22. The topological polar surface area (TPSA) is 66.3 Å². The van der Waals surface area contributed by atoms with Crippen molar-refractivity contribution in [2.45, 2.75) is 40.0 Å². The van der Waals surface area contributed by atoms with Gasteiger partial charge in [-0.3, -0.25) is 0 Å². The Morgan fingerprint density at radius 3 is 2.33 bits per heavy atom. The fourth-order valence-corrected chi connectivity index (χ4v) is 2.10. The molecule has 5 nitrogen and oxygen atoms in total. The van der Waals surface area contributed by atoms with Crippen LogP contribution >= 0.6 is 0 Å². The van der Waals surface area contributed by atoms with Gasteiger partial charge in [-0.25, -0.2) is 4.79 Å². The molecule has 0 fully saturated rings. The molecule has 1 aromatic rings. The van der Waals surface area contributed by atoms with Gasteiger partial charge in [0.25, 0.3) is 0 Å². The summed E-state index contributed by atoms with van der Waals surface area (Å²) in [5, 5.41) is 17.7. The van der Waals surface area contributed by atoms with E-state index in [2.05, 4.69) is 10.2 Å². The lowest BCUT2D eigenvalue weighted by molar-refractivity contribution is 0.0695. The van der Waals surface area contributed by atoms with E-state index in [1.165, 1.54) is 0 Å². The van der Waals surface area contributed by atoms with E-state index in [1.54, 1.807) is 0 Å². The van der Waals surface area contributed by atoms with Crippen LogP contribution in [0.25, 0.3) is 0 Å². The van der Waals surface area contributed by atoms with Gasteiger partial charge in [-0.15, -0.1) is 5.10 Å². The van der Waals surface area contributed by atoms with Crippen LogP contribution in [-0.4, -0.2) is 34.9 Å². The van der Waals surface area contributed by atoms with E-state index in [0.29, 0.717) is 24.2 Å². The number of carbonyl (C=O) groups is 1. The van der Waals surface area contributed by atoms with Crippen LogP contribution in [0.3, 0.4) is 0 Å². The third-order valence-electron chi connectivity index (χ3n) is 2.96. The summed E-state index contributed by atoms with van der Waals surface area (Å²) in [5.74, 6) is -0.451. The molecule has 0 atom stereocenters. The Balaban J connectivity index is 3.39. The maximum Gasteiger partial charge on any atom is 0.339 e. The second-order valence-electron chi connectivity index (χ2n) is 4.26. The number of nitrogens with zero attached hydrogens (tertiary/aromatic N) is 3. The first-order valence-corrected chi connectivity index (χ1v) is 6.39. The van der Waals surface area contributed by atoms with E-state index < -0.39 is 5.97 Å². The fourth-order valence-electron chi connectivity index (χ4n) is 2.10. The van der Waals surface area contributed by atoms with E-state index in [1.807, 2.05) is 32.7 Å². The molecule has 0 bridgehead atoms. The number of aryl methyl sites for hydroxylation is 1. The lowest BCUT2D eigenvalue weighted by Gasteiger charge is -2.21. The van der Waals surface area contributed by atoms with Crippen LogP contribution in [-0.2, 0) is 12.8 Å². The number of rotatable bonds is 6. The van der Waals surface area contributed by atoms with Crippen molar-refractivity contribution in [2.75, 3.05) is 18.5 Å². The van der Waals surface area contributed by atoms with Crippen molar-refractivity contribution in [1.29, 1.82) is 0 Å². The van der Waals surface area contributed by atoms with E-state index in [-0.39, 0.29) is 0 Å². The lowest BCUT2D eigenvalue weighted by atomic mass is 10.0. The zero-order valence-electron chi connectivity index (χ0n) is 11.5. The zero-order chi connectivity index (χ0) is 13.7.